The summed E-state index contributed by atoms with van der Waals surface area (Å²) < 4.78 is 38.3. The first-order chi connectivity index (χ1) is 12.9. The van der Waals surface area contributed by atoms with E-state index in [-0.39, 0.29) is 17.9 Å². The number of benzene rings is 2. The van der Waals surface area contributed by atoms with Gasteiger partial charge in [0.1, 0.15) is 5.75 Å². The van der Waals surface area contributed by atoms with Crippen molar-refractivity contribution in [3.63, 3.8) is 0 Å². The molecule has 0 spiro atoms. The standard InChI is InChI=1S/C19H21N3O4S/c1-13-8-9-15(12-14(13)2)27(23,24)20-11-10-18-21-22-19(26-18)16-6-4-5-7-17(16)25-3/h4-9,12,20H,10-11H2,1-3H3. The number of para-hydroxylation sites is 1. The lowest BCUT2D eigenvalue weighted by molar-refractivity contribution is 0.413. The summed E-state index contributed by atoms with van der Waals surface area (Å²) >= 11 is 0. The number of aromatic nitrogens is 2. The minimum Gasteiger partial charge on any atom is -0.496 e. The normalized spacial score (nSPS) is 11.5. The van der Waals surface area contributed by atoms with Gasteiger partial charge in [0.25, 0.3) is 5.89 Å². The molecule has 0 atom stereocenters. The third kappa shape index (κ3) is 4.35. The van der Waals surface area contributed by atoms with Crippen molar-refractivity contribution >= 4 is 10.0 Å². The van der Waals surface area contributed by atoms with Crippen molar-refractivity contribution in [1.82, 2.24) is 14.9 Å². The maximum absolute atomic E-state index is 12.4. The highest BCUT2D eigenvalue weighted by Crippen LogP contribution is 2.28. The van der Waals surface area contributed by atoms with Crippen LogP contribution >= 0.6 is 0 Å². The van der Waals surface area contributed by atoms with Crippen LogP contribution in [0.15, 0.2) is 51.8 Å². The van der Waals surface area contributed by atoms with Crippen LogP contribution in [0.25, 0.3) is 11.5 Å². The van der Waals surface area contributed by atoms with Gasteiger partial charge in [-0.05, 0) is 49.2 Å². The Morgan fingerprint density at radius 3 is 2.59 bits per heavy atom. The number of ether oxygens (including phenoxy) is 1. The third-order valence-electron chi connectivity index (χ3n) is 4.22. The highest BCUT2D eigenvalue weighted by molar-refractivity contribution is 7.89. The fourth-order valence-electron chi connectivity index (χ4n) is 2.54. The average Bonchev–Trinajstić information content (AvgIpc) is 3.12. The van der Waals surface area contributed by atoms with Crippen LogP contribution in [0, 0.1) is 13.8 Å². The van der Waals surface area contributed by atoms with E-state index in [2.05, 4.69) is 14.9 Å². The summed E-state index contributed by atoms with van der Waals surface area (Å²) in [6.45, 7) is 3.98. The molecular weight excluding hydrogens is 366 g/mol. The van der Waals surface area contributed by atoms with Crippen LogP contribution in [0.4, 0.5) is 0 Å². The van der Waals surface area contributed by atoms with Gasteiger partial charge in [0.2, 0.25) is 15.9 Å². The predicted octanol–water partition coefficient (Wildman–Crippen LogP) is 2.88. The van der Waals surface area contributed by atoms with E-state index in [4.69, 9.17) is 9.15 Å². The lowest BCUT2D eigenvalue weighted by atomic mass is 10.1. The lowest BCUT2D eigenvalue weighted by Crippen LogP contribution is -2.26. The Morgan fingerprint density at radius 1 is 1.07 bits per heavy atom. The van der Waals surface area contributed by atoms with E-state index in [9.17, 15) is 8.42 Å². The molecule has 142 valence electrons. The number of aryl methyl sites for hydroxylation is 2. The molecule has 0 aliphatic carbocycles. The van der Waals surface area contributed by atoms with Gasteiger partial charge in [-0.2, -0.15) is 0 Å². The summed E-state index contributed by atoms with van der Waals surface area (Å²) in [5.74, 6) is 1.31. The smallest absolute Gasteiger partial charge is 0.251 e. The zero-order chi connectivity index (χ0) is 19.4. The van der Waals surface area contributed by atoms with E-state index in [1.165, 1.54) is 0 Å². The molecular formula is C19H21N3O4S. The van der Waals surface area contributed by atoms with Crippen LogP contribution in [0.5, 0.6) is 5.75 Å². The molecule has 0 aliphatic rings. The van der Waals surface area contributed by atoms with Crippen molar-refractivity contribution < 1.29 is 17.6 Å². The molecule has 3 aromatic rings. The predicted molar refractivity (Wildman–Crippen MR) is 101 cm³/mol. The zero-order valence-electron chi connectivity index (χ0n) is 15.4. The minimum absolute atomic E-state index is 0.156. The number of hydrogen-bond acceptors (Lipinski definition) is 6. The minimum atomic E-state index is -3.59. The Labute approximate surface area is 158 Å². The van der Waals surface area contributed by atoms with Crippen molar-refractivity contribution in [3.05, 3.63) is 59.5 Å². The fourth-order valence-corrected chi connectivity index (χ4v) is 3.66. The van der Waals surface area contributed by atoms with Gasteiger partial charge in [-0.25, -0.2) is 13.1 Å². The number of sulfonamides is 1. The number of nitrogens with one attached hydrogen (secondary N) is 1. The van der Waals surface area contributed by atoms with Crippen LogP contribution in [0.2, 0.25) is 0 Å². The number of nitrogens with zero attached hydrogens (tertiary/aromatic N) is 2. The van der Waals surface area contributed by atoms with Gasteiger partial charge in [-0.3, -0.25) is 0 Å². The summed E-state index contributed by atoms with van der Waals surface area (Å²) in [6.07, 6.45) is 0.284. The van der Waals surface area contributed by atoms with Crippen molar-refractivity contribution in [3.8, 4) is 17.2 Å². The van der Waals surface area contributed by atoms with Crippen LogP contribution in [0.1, 0.15) is 17.0 Å². The molecule has 27 heavy (non-hydrogen) atoms. The van der Waals surface area contributed by atoms with Crippen molar-refractivity contribution in [2.75, 3.05) is 13.7 Å². The van der Waals surface area contributed by atoms with Gasteiger partial charge in [-0.1, -0.05) is 18.2 Å². The van der Waals surface area contributed by atoms with E-state index in [0.29, 0.717) is 23.1 Å². The lowest BCUT2D eigenvalue weighted by Gasteiger charge is -2.07. The first kappa shape index (κ1) is 19.1. The molecule has 0 amide bonds. The van der Waals surface area contributed by atoms with Gasteiger partial charge in [0.05, 0.1) is 17.6 Å². The van der Waals surface area contributed by atoms with E-state index < -0.39 is 10.0 Å². The molecule has 1 N–H and O–H groups in total. The SMILES string of the molecule is COc1ccccc1-c1nnc(CCNS(=O)(=O)c2ccc(C)c(C)c2)o1. The molecule has 0 fully saturated rings. The molecule has 0 aliphatic heterocycles. The highest BCUT2D eigenvalue weighted by Gasteiger charge is 2.16. The molecule has 7 nitrogen and oxygen atoms in total. The van der Waals surface area contributed by atoms with Crippen molar-refractivity contribution in [1.29, 1.82) is 0 Å². The van der Waals surface area contributed by atoms with Gasteiger partial charge in [0, 0.05) is 13.0 Å². The number of hydrogen-bond donors (Lipinski definition) is 1. The summed E-state index contributed by atoms with van der Waals surface area (Å²) in [6, 6.07) is 12.4. The summed E-state index contributed by atoms with van der Waals surface area (Å²) in [5.41, 5.74) is 2.66. The topological polar surface area (TPSA) is 94.3 Å². The van der Waals surface area contributed by atoms with Gasteiger partial charge in [-0.15, -0.1) is 10.2 Å². The first-order valence-electron chi connectivity index (χ1n) is 8.43. The van der Waals surface area contributed by atoms with Crippen molar-refractivity contribution in [2.24, 2.45) is 0 Å². The largest absolute Gasteiger partial charge is 0.496 e. The Morgan fingerprint density at radius 2 is 1.85 bits per heavy atom. The molecule has 0 saturated heterocycles. The Bertz CT molecular complexity index is 1040. The van der Waals surface area contributed by atoms with E-state index in [0.717, 1.165) is 11.1 Å². The zero-order valence-corrected chi connectivity index (χ0v) is 16.2. The molecule has 1 aromatic heterocycles. The Balaban J connectivity index is 1.66. The summed E-state index contributed by atoms with van der Waals surface area (Å²) in [5, 5.41) is 7.99. The Kier molecular flexibility index (Phi) is 5.57. The van der Waals surface area contributed by atoms with Crippen LogP contribution < -0.4 is 9.46 Å². The molecule has 0 unspecified atom stereocenters. The molecule has 1 heterocycles. The van der Waals surface area contributed by atoms with Crippen molar-refractivity contribution in [2.45, 2.75) is 25.2 Å². The van der Waals surface area contributed by atoms with E-state index in [1.54, 1.807) is 31.4 Å². The fraction of sp³-hybridized carbons (Fsp3) is 0.263. The van der Waals surface area contributed by atoms with Crippen LogP contribution in [0.3, 0.4) is 0 Å². The molecule has 8 heteroatoms. The molecule has 0 bridgehead atoms. The molecule has 2 aromatic carbocycles. The summed E-state index contributed by atoms with van der Waals surface area (Å²) in [4.78, 5) is 0.242. The molecule has 3 rings (SSSR count). The van der Waals surface area contributed by atoms with Crippen LogP contribution in [-0.4, -0.2) is 32.3 Å². The second kappa shape index (κ2) is 7.89. The monoisotopic (exact) mass is 387 g/mol. The Hall–Kier alpha value is -2.71. The third-order valence-corrected chi connectivity index (χ3v) is 5.68. The maximum Gasteiger partial charge on any atom is 0.251 e. The van der Waals surface area contributed by atoms with Gasteiger partial charge >= 0.3 is 0 Å². The van der Waals surface area contributed by atoms with E-state index in [1.807, 2.05) is 32.0 Å². The summed E-state index contributed by atoms with van der Waals surface area (Å²) in [7, 11) is -2.02. The first-order valence-corrected chi connectivity index (χ1v) is 9.92. The van der Waals surface area contributed by atoms with Crippen LogP contribution in [-0.2, 0) is 16.4 Å². The average molecular weight is 387 g/mol. The number of rotatable bonds is 7. The van der Waals surface area contributed by atoms with E-state index >= 15 is 0 Å². The second-order valence-electron chi connectivity index (χ2n) is 6.10. The quantitative estimate of drug-likeness (QED) is 0.670. The molecule has 0 saturated carbocycles. The maximum atomic E-state index is 12.4. The number of methoxy groups -OCH3 is 1. The van der Waals surface area contributed by atoms with Gasteiger partial charge in [0.15, 0.2) is 0 Å². The van der Waals surface area contributed by atoms with Gasteiger partial charge < -0.3 is 9.15 Å². The molecule has 0 radical (unpaired) electrons. The highest BCUT2D eigenvalue weighted by atomic mass is 32.2. The second-order valence-corrected chi connectivity index (χ2v) is 7.86.